The van der Waals surface area contributed by atoms with Gasteiger partial charge in [-0.15, -0.1) is 0 Å². The molecular weight excluding hydrogens is 348 g/mol. The lowest BCUT2D eigenvalue weighted by molar-refractivity contribution is -0.123. The van der Waals surface area contributed by atoms with Crippen molar-refractivity contribution in [2.45, 2.75) is 39.4 Å². The average Bonchev–Trinajstić information content (AvgIpc) is 3.24. The van der Waals surface area contributed by atoms with Crippen LogP contribution in [0.5, 0.6) is 0 Å². The highest BCUT2D eigenvalue weighted by Gasteiger charge is 2.19. The molecule has 2 unspecified atom stereocenters. The number of amides is 1. The van der Waals surface area contributed by atoms with Crippen LogP contribution >= 0.6 is 0 Å². The molecule has 1 aromatic heterocycles. The summed E-state index contributed by atoms with van der Waals surface area (Å²) in [6, 6.07) is 18.0. The van der Waals surface area contributed by atoms with Crippen LogP contribution in [0, 0.1) is 5.92 Å². The Bertz CT molecular complexity index is 887. The van der Waals surface area contributed by atoms with Gasteiger partial charge >= 0.3 is 0 Å². The van der Waals surface area contributed by atoms with Crippen molar-refractivity contribution in [3.05, 3.63) is 78.1 Å². The Morgan fingerprint density at radius 1 is 1.14 bits per heavy atom. The van der Waals surface area contributed by atoms with E-state index in [1.165, 1.54) is 5.56 Å². The summed E-state index contributed by atoms with van der Waals surface area (Å²) in [7, 11) is 0. The van der Waals surface area contributed by atoms with Gasteiger partial charge in [-0.1, -0.05) is 68.8 Å². The van der Waals surface area contributed by atoms with E-state index in [1.807, 2.05) is 49.0 Å². The van der Waals surface area contributed by atoms with Gasteiger partial charge < -0.3 is 11.1 Å². The lowest BCUT2D eigenvalue weighted by Gasteiger charge is -2.18. The molecule has 146 valence electrons. The number of aromatic nitrogens is 2. The second-order valence-corrected chi connectivity index (χ2v) is 7.19. The van der Waals surface area contributed by atoms with Crippen molar-refractivity contribution in [2.24, 2.45) is 11.7 Å². The van der Waals surface area contributed by atoms with Gasteiger partial charge in [-0.05, 0) is 34.2 Å². The summed E-state index contributed by atoms with van der Waals surface area (Å²) in [5, 5.41) is 7.24. The van der Waals surface area contributed by atoms with Crippen molar-refractivity contribution in [3.63, 3.8) is 0 Å². The molecule has 0 aliphatic heterocycles. The molecular formula is C23H28N4O. The van der Waals surface area contributed by atoms with Crippen LogP contribution in [-0.4, -0.2) is 21.7 Å². The van der Waals surface area contributed by atoms with Crippen LogP contribution in [0.15, 0.2) is 67.0 Å². The topological polar surface area (TPSA) is 72.9 Å². The van der Waals surface area contributed by atoms with Crippen LogP contribution < -0.4 is 11.1 Å². The first kappa shape index (κ1) is 19.8. The van der Waals surface area contributed by atoms with Crippen molar-refractivity contribution in [2.75, 3.05) is 0 Å². The van der Waals surface area contributed by atoms with E-state index in [2.05, 4.69) is 40.7 Å². The van der Waals surface area contributed by atoms with Crippen molar-refractivity contribution in [1.82, 2.24) is 15.1 Å². The Morgan fingerprint density at radius 3 is 2.57 bits per heavy atom. The molecule has 0 fully saturated rings. The molecule has 5 nitrogen and oxygen atoms in total. The number of hydrogen-bond donors (Lipinski definition) is 2. The van der Waals surface area contributed by atoms with E-state index < -0.39 is 6.04 Å². The highest BCUT2D eigenvalue weighted by molar-refractivity contribution is 5.82. The molecule has 0 aliphatic carbocycles. The molecule has 2 aromatic carbocycles. The molecule has 0 saturated heterocycles. The molecule has 0 spiro atoms. The number of rotatable bonds is 8. The molecule has 28 heavy (non-hydrogen) atoms. The molecule has 3 N–H and O–H groups in total. The minimum atomic E-state index is -0.473. The number of hydrogen-bond acceptors (Lipinski definition) is 3. The smallest absolute Gasteiger partial charge is 0.237 e. The van der Waals surface area contributed by atoms with Crippen molar-refractivity contribution >= 4 is 5.91 Å². The summed E-state index contributed by atoms with van der Waals surface area (Å²) in [4.78, 5) is 12.3. The highest BCUT2D eigenvalue weighted by Crippen LogP contribution is 2.24. The molecule has 3 aromatic rings. The van der Waals surface area contributed by atoms with Crippen molar-refractivity contribution < 1.29 is 4.79 Å². The summed E-state index contributed by atoms with van der Waals surface area (Å²) in [6.07, 6.45) is 4.62. The van der Waals surface area contributed by atoms with E-state index in [4.69, 9.17) is 5.73 Å². The number of carbonyl (C=O) groups excluding carboxylic acids is 1. The lowest BCUT2D eigenvalue weighted by Crippen LogP contribution is -2.44. The Balaban J connectivity index is 1.70. The average molecular weight is 377 g/mol. The van der Waals surface area contributed by atoms with Crippen molar-refractivity contribution in [1.29, 1.82) is 0 Å². The van der Waals surface area contributed by atoms with E-state index in [9.17, 15) is 4.79 Å². The molecule has 3 rings (SSSR count). The largest absolute Gasteiger partial charge is 0.351 e. The van der Waals surface area contributed by atoms with Gasteiger partial charge in [0.1, 0.15) is 0 Å². The van der Waals surface area contributed by atoms with Crippen LogP contribution in [0.25, 0.3) is 11.1 Å². The molecule has 1 heterocycles. The SMILES string of the molecule is CCC(C)C(N)C(=O)NCc1ccccc1-c1ccc(Cn2cccn2)cc1. The Labute approximate surface area is 166 Å². The predicted octanol–water partition coefficient (Wildman–Crippen LogP) is 3.59. The number of nitrogens with zero attached hydrogens (tertiary/aromatic N) is 2. The van der Waals surface area contributed by atoms with Gasteiger partial charge in [-0.3, -0.25) is 9.48 Å². The molecule has 5 heteroatoms. The first-order valence-electron chi connectivity index (χ1n) is 9.76. The van der Waals surface area contributed by atoms with Crippen LogP contribution in [0.1, 0.15) is 31.4 Å². The standard InChI is InChI=1S/C23H28N4O/c1-3-17(2)22(24)23(28)25-15-20-7-4-5-8-21(20)19-11-9-18(10-12-19)16-27-14-6-13-26-27/h4-14,17,22H,3,15-16,24H2,1-2H3,(H,25,28). The van der Waals surface area contributed by atoms with E-state index in [1.54, 1.807) is 6.20 Å². The van der Waals surface area contributed by atoms with Gasteiger partial charge in [0.15, 0.2) is 0 Å². The van der Waals surface area contributed by atoms with Gasteiger partial charge in [-0.25, -0.2) is 0 Å². The number of benzene rings is 2. The Morgan fingerprint density at radius 2 is 1.89 bits per heavy atom. The summed E-state index contributed by atoms with van der Waals surface area (Å²) >= 11 is 0. The summed E-state index contributed by atoms with van der Waals surface area (Å²) < 4.78 is 1.90. The fraction of sp³-hybridized carbons (Fsp3) is 0.304. The number of nitrogens with one attached hydrogen (secondary N) is 1. The summed E-state index contributed by atoms with van der Waals surface area (Å²) in [5.41, 5.74) is 10.5. The lowest BCUT2D eigenvalue weighted by atomic mass is 9.97. The molecule has 0 bridgehead atoms. The zero-order valence-electron chi connectivity index (χ0n) is 16.5. The second-order valence-electron chi connectivity index (χ2n) is 7.19. The van der Waals surface area contributed by atoms with Gasteiger partial charge in [0, 0.05) is 18.9 Å². The molecule has 0 radical (unpaired) electrons. The fourth-order valence-corrected chi connectivity index (χ4v) is 3.14. The minimum Gasteiger partial charge on any atom is -0.351 e. The highest BCUT2D eigenvalue weighted by atomic mass is 16.2. The third-order valence-corrected chi connectivity index (χ3v) is 5.20. The van der Waals surface area contributed by atoms with Crippen LogP contribution in [0.3, 0.4) is 0 Å². The second kappa shape index (κ2) is 9.33. The Kier molecular flexibility index (Phi) is 6.61. The zero-order valence-corrected chi connectivity index (χ0v) is 16.5. The van der Waals surface area contributed by atoms with Crippen molar-refractivity contribution in [3.8, 4) is 11.1 Å². The van der Waals surface area contributed by atoms with Crippen LogP contribution in [-0.2, 0) is 17.9 Å². The number of nitrogens with two attached hydrogens (primary N) is 1. The molecule has 2 atom stereocenters. The van der Waals surface area contributed by atoms with E-state index in [-0.39, 0.29) is 11.8 Å². The maximum atomic E-state index is 12.3. The zero-order chi connectivity index (χ0) is 19.9. The predicted molar refractivity (Wildman–Crippen MR) is 112 cm³/mol. The van der Waals surface area contributed by atoms with Gasteiger partial charge in [0.05, 0.1) is 12.6 Å². The maximum absolute atomic E-state index is 12.3. The monoisotopic (exact) mass is 376 g/mol. The third-order valence-electron chi connectivity index (χ3n) is 5.20. The van der Waals surface area contributed by atoms with Gasteiger partial charge in [-0.2, -0.15) is 5.10 Å². The first-order chi connectivity index (χ1) is 13.6. The van der Waals surface area contributed by atoms with E-state index in [0.29, 0.717) is 6.54 Å². The normalized spacial score (nSPS) is 13.1. The maximum Gasteiger partial charge on any atom is 0.237 e. The van der Waals surface area contributed by atoms with Crippen LogP contribution in [0.2, 0.25) is 0 Å². The molecule has 0 saturated carbocycles. The van der Waals surface area contributed by atoms with Gasteiger partial charge in [0.25, 0.3) is 0 Å². The minimum absolute atomic E-state index is 0.0984. The Hall–Kier alpha value is -2.92. The summed E-state index contributed by atoms with van der Waals surface area (Å²) in [5.74, 6) is 0.0660. The van der Waals surface area contributed by atoms with E-state index >= 15 is 0 Å². The van der Waals surface area contributed by atoms with Crippen LogP contribution in [0.4, 0.5) is 0 Å². The third kappa shape index (κ3) is 4.87. The molecule has 1 amide bonds. The molecule has 0 aliphatic rings. The summed E-state index contributed by atoms with van der Waals surface area (Å²) in [6.45, 7) is 5.26. The van der Waals surface area contributed by atoms with E-state index in [0.717, 1.165) is 29.7 Å². The fourth-order valence-electron chi connectivity index (χ4n) is 3.14. The first-order valence-corrected chi connectivity index (χ1v) is 9.76. The number of carbonyl (C=O) groups is 1. The van der Waals surface area contributed by atoms with Gasteiger partial charge in [0.2, 0.25) is 5.91 Å². The quantitative estimate of drug-likeness (QED) is 0.631.